The van der Waals surface area contributed by atoms with Gasteiger partial charge in [0.2, 0.25) is 0 Å². The third kappa shape index (κ3) is 8.26. The molecule has 0 amide bonds. The summed E-state index contributed by atoms with van der Waals surface area (Å²) in [6.45, 7) is 2.66. The van der Waals surface area contributed by atoms with Crippen molar-refractivity contribution in [3.05, 3.63) is 53.1 Å². The van der Waals surface area contributed by atoms with Gasteiger partial charge in [-0.25, -0.2) is 9.59 Å². The lowest BCUT2D eigenvalue weighted by Gasteiger charge is -2.30. The van der Waals surface area contributed by atoms with Gasteiger partial charge in [0.25, 0.3) is 0 Å². The second kappa shape index (κ2) is 13.1. The van der Waals surface area contributed by atoms with Crippen molar-refractivity contribution < 1.29 is 38.1 Å². The van der Waals surface area contributed by atoms with Crippen LogP contribution in [0.25, 0.3) is 11.1 Å². The van der Waals surface area contributed by atoms with Crippen molar-refractivity contribution in [3.63, 3.8) is 0 Å². The fourth-order valence-electron chi connectivity index (χ4n) is 3.70. The zero-order valence-corrected chi connectivity index (χ0v) is 20.5. The Morgan fingerprint density at radius 2 is 1.69 bits per heavy atom. The molecule has 1 heterocycles. The number of hydrogen-bond donors (Lipinski definition) is 0. The Kier molecular flexibility index (Phi) is 9.93. The average molecular weight is 505 g/mol. The van der Waals surface area contributed by atoms with E-state index in [2.05, 4.69) is 4.74 Å². The van der Waals surface area contributed by atoms with Crippen molar-refractivity contribution in [1.29, 1.82) is 0 Å². The number of esters is 3. The van der Waals surface area contributed by atoms with Gasteiger partial charge >= 0.3 is 17.9 Å². The van der Waals surface area contributed by atoms with Crippen LogP contribution in [0.5, 0.6) is 5.75 Å². The lowest BCUT2D eigenvalue weighted by atomic mass is 9.95. The monoisotopic (exact) mass is 504 g/mol. The van der Waals surface area contributed by atoms with Crippen LogP contribution in [0.2, 0.25) is 5.02 Å². The van der Waals surface area contributed by atoms with Crippen LogP contribution >= 0.6 is 11.6 Å². The molecule has 0 unspecified atom stereocenters. The molecule has 0 aromatic heterocycles. The first-order valence-electron chi connectivity index (χ1n) is 11.5. The smallest absolute Gasteiger partial charge is 0.344 e. The summed E-state index contributed by atoms with van der Waals surface area (Å²) < 4.78 is 26.1. The molecule has 1 saturated heterocycles. The first-order chi connectivity index (χ1) is 16.9. The van der Waals surface area contributed by atoms with E-state index in [-0.39, 0.29) is 18.8 Å². The second-order valence-corrected chi connectivity index (χ2v) is 8.41. The molecule has 0 N–H and O–H groups in total. The Morgan fingerprint density at radius 3 is 2.40 bits per heavy atom. The van der Waals surface area contributed by atoms with E-state index in [9.17, 15) is 14.4 Å². The third-order valence-corrected chi connectivity index (χ3v) is 5.69. The van der Waals surface area contributed by atoms with Gasteiger partial charge in [-0.15, -0.1) is 0 Å². The van der Waals surface area contributed by atoms with Crippen LogP contribution in [0, 0.1) is 0 Å². The number of carbonyl (C=O) groups excluding carboxylic acids is 3. The number of halogens is 1. The summed E-state index contributed by atoms with van der Waals surface area (Å²) in [5.74, 6) is -1.33. The predicted molar refractivity (Wildman–Crippen MR) is 128 cm³/mol. The van der Waals surface area contributed by atoms with Crippen LogP contribution in [0.3, 0.4) is 0 Å². The highest BCUT2D eigenvalue weighted by Gasteiger charge is 2.25. The van der Waals surface area contributed by atoms with E-state index in [4.69, 9.17) is 30.5 Å². The van der Waals surface area contributed by atoms with Crippen molar-refractivity contribution in [1.82, 2.24) is 0 Å². The van der Waals surface area contributed by atoms with Gasteiger partial charge in [0, 0.05) is 17.5 Å². The normalized spacial score (nSPS) is 17.3. The summed E-state index contributed by atoms with van der Waals surface area (Å²) in [5, 5.41) is 0.641. The fraction of sp³-hybridized carbons (Fsp3) is 0.423. The first-order valence-corrected chi connectivity index (χ1v) is 11.9. The quantitative estimate of drug-likeness (QED) is 0.340. The lowest BCUT2D eigenvalue weighted by Crippen LogP contribution is -2.29. The van der Waals surface area contributed by atoms with Gasteiger partial charge < -0.3 is 23.7 Å². The van der Waals surface area contributed by atoms with Crippen molar-refractivity contribution in [2.75, 3.05) is 26.4 Å². The third-order valence-electron chi connectivity index (χ3n) is 5.36. The van der Waals surface area contributed by atoms with Crippen LogP contribution in [0.15, 0.2) is 42.5 Å². The van der Waals surface area contributed by atoms with E-state index < -0.39 is 31.1 Å². The topological polar surface area (TPSA) is 97.4 Å². The van der Waals surface area contributed by atoms with Gasteiger partial charge in [0.05, 0.1) is 18.8 Å². The summed E-state index contributed by atoms with van der Waals surface area (Å²) >= 11 is 6.48. The summed E-state index contributed by atoms with van der Waals surface area (Å²) in [4.78, 5) is 34.0. The van der Waals surface area contributed by atoms with E-state index >= 15 is 0 Å². The SMILES string of the molecule is CCOc1ccc(-c2cc([C@@H]3CCC[C@H](COC(=O)COC(=O)COC(C)=O)O3)ccc2Cl)cc1. The summed E-state index contributed by atoms with van der Waals surface area (Å²) in [5.41, 5.74) is 2.87. The maximum atomic E-state index is 11.9. The van der Waals surface area contributed by atoms with E-state index in [1.165, 1.54) is 6.92 Å². The summed E-state index contributed by atoms with van der Waals surface area (Å²) in [6.07, 6.45) is 2.05. The highest BCUT2D eigenvalue weighted by atomic mass is 35.5. The Labute approximate surface area is 209 Å². The van der Waals surface area contributed by atoms with Gasteiger partial charge in [-0.05, 0) is 61.6 Å². The zero-order chi connectivity index (χ0) is 25.2. The largest absolute Gasteiger partial charge is 0.494 e. The molecule has 1 fully saturated rings. The molecule has 3 rings (SSSR count). The number of rotatable bonds is 10. The molecule has 0 radical (unpaired) electrons. The number of ether oxygens (including phenoxy) is 5. The highest BCUT2D eigenvalue weighted by molar-refractivity contribution is 6.33. The van der Waals surface area contributed by atoms with Crippen LogP contribution < -0.4 is 4.74 Å². The Morgan fingerprint density at radius 1 is 0.971 bits per heavy atom. The number of hydrogen-bond acceptors (Lipinski definition) is 8. The minimum Gasteiger partial charge on any atom is -0.494 e. The molecule has 1 aliphatic heterocycles. The van der Waals surface area contributed by atoms with E-state index in [0.29, 0.717) is 11.6 Å². The van der Waals surface area contributed by atoms with Gasteiger partial charge in [-0.1, -0.05) is 29.8 Å². The highest BCUT2D eigenvalue weighted by Crippen LogP contribution is 2.36. The molecule has 2 aromatic carbocycles. The minimum atomic E-state index is -0.822. The Balaban J connectivity index is 1.54. The van der Waals surface area contributed by atoms with Gasteiger partial charge in [-0.2, -0.15) is 0 Å². The van der Waals surface area contributed by atoms with Crippen molar-refractivity contribution >= 4 is 29.5 Å². The maximum Gasteiger partial charge on any atom is 0.344 e. The zero-order valence-electron chi connectivity index (χ0n) is 19.8. The van der Waals surface area contributed by atoms with Crippen LogP contribution in [0.1, 0.15) is 44.8 Å². The molecule has 1 aliphatic rings. The van der Waals surface area contributed by atoms with E-state index in [1.54, 1.807) is 0 Å². The molecule has 8 nitrogen and oxygen atoms in total. The van der Waals surface area contributed by atoms with Gasteiger partial charge in [0.1, 0.15) is 12.4 Å². The molecule has 0 saturated carbocycles. The molecular weight excluding hydrogens is 476 g/mol. The van der Waals surface area contributed by atoms with E-state index in [0.717, 1.165) is 41.7 Å². The summed E-state index contributed by atoms with van der Waals surface area (Å²) in [7, 11) is 0. The molecule has 2 atom stereocenters. The van der Waals surface area contributed by atoms with Crippen molar-refractivity contribution in [2.45, 2.75) is 45.3 Å². The van der Waals surface area contributed by atoms with Crippen LogP contribution in [0.4, 0.5) is 0 Å². The van der Waals surface area contributed by atoms with Crippen LogP contribution in [-0.4, -0.2) is 50.4 Å². The number of carbonyl (C=O) groups is 3. The molecule has 35 heavy (non-hydrogen) atoms. The molecule has 9 heteroatoms. The van der Waals surface area contributed by atoms with Gasteiger partial charge in [0.15, 0.2) is 13.2 Å². The molecule has 0 spiro atoms. The van der Waals surface area contributed by atoms with Gasteiger partial charge in [-0.3, -0.25) is 4.79 Å². The molecule has 0 bridgehead atoms. The standard InChI is InChI=1S/C26H29ClO8/c1-3-31-20-10-7-18(8-11-20)22-13-19(9-12-23(22)27)24-6-4-5-21(35-24)14-33-26(30)16-34-25(29)15-32-17(2)28/h7-13,21,24H,3-6,14-16H2,1-2H3/t21-,24+/m1/s1. The van der Waals surface area contributed by atoms with Crippen molar-refractivity contribution in [2.24, 2.45) is 0 Å². The Bertz CT molecular complexity index is 1020. The van der Waals surface area contributed by atoms with Crippen LogP contribution in [-0.2, 0) is 33.3 Å². The minimum absolute atomic E-state index is 0.0518. The van der Waals surface area contributed by atoms with Crippen molar-refractivity contribution in [3.8, 4) is 16.9 Å². The maximum absolute atomic E-state index is 11.9. The molecule has 0 aliphatic carbocycles. The first kappa shape index (κ1) is 26.5. The molecular formula is C26H29ClO8. The van der Waals surface area contributed by atoms with E-state index in [1.807, 2.05) is 49.4 Å². The second-order valence-electron chi connectivity index (χ2n) is 8.00. The molecule has 2 aromatic rings. The molecule has 188 valence electrons. The fourth-order valence-corrected chi connectivity index (χ4v) is 3.92. The number of benzene rings is 2. The average Bonchev–Trinajstić information content (AvgIpc) is 2.86. The lowest BCUT2D eigenvalue weighted by molar-refractivity contribution is -0.167. The Hall–Kier alpha value is -3.10. The summed E-state index contributed by atoms with van der Waals surface area (Å²) in [6, 6.07) is 13.6. The predicted octanol–water partition coefficient (Wildman–Crippen LogP) is 4.67.